The van der Waals surface area contributed by atoms with Crippen LogP contribution in [-0.4, -0.2) is 15.0 Å². The summed E-state index contributed by atoms with van der Waals surface area (Å²) in [5.41, 5.74) is 7.59. The van der Waals surface area contributed by atoms with Crippen molar-refractivity contribution < 1.29 is 0 Å². The molecule has 88 valence electrons. The van der Waals surface area contributed by atoms with Gasteiger partial charge in [0.25, 0.3) is 0 Å². The molecule has 0 aromatic carbocycles. The lowest BCUT2D eigenvalue weighted by atomic mass is 10.3. The van der Waals surface area contributed by atoms with Gasteiger partial charge in [0.05, 0.1) is 12.1 Å². The minimum absolute atomic E-state index is 0.516. The van der Waals surface area contributed by atoms with Crippen molar-refractivity contribution in [3.8, 4) is 0 Å². The van der Waals surface area contributed by atoms with Crippen molar-refractivity contribution >= 4 is 23.0 Å². The number of nitrogen functional groups attached to an aromatic ring is 1. The predicted molar refractivity (Wildman–Crippen MR) is 67.9 cm³/mol. The molecular formula is C11H13N5S. The molecule has 0 saturated heterocycles. The van der Waals surface area contributed by atoms with Gasteiger partial charge < -0.3 is 11.1 Å². The van der Waals surface area contributed by atoms with Gasteiger partial charge in [-0.1, -0.05) is 0 Å². The molecule has 1 aliphatic rings. The Morgan fingerprint density at radius 3 is 3.00 bits per heavy atom. The van der Waals surface area contributed by atoms with E-state index in [4.69, 9.17) is 5.73 Å². The summed E-state index contributed by atoms with van der Waals surface area (Å²) in [4.78, 5) is 13.9. The van der Waals surface area contributed by atoms with Crippen LogP contribution in [0, 0.1) is 0 Å². The molecule has 0 amide bonds. The lowest BCUT2D eigenvalue weighted by Crippen LogP contribution is -2.05. The highest BCUT2D eigenvalue weighted by Crippen LogP contribution is 2.38. The normalized spacial score (nSPS) is 14.8. The Hall–Kier alpha value is -1.69. The molecule has 0 radical (unpaired) electrons. The first-order chi connectivity index (χ1) is 8.31. The van der Waals surface area contributed by atoms with Gasteiger partial charge in [-0.05, 0) is 12.8 Å². The molecule has 1 saturated carbocycles. The van der Waals surface area contributed by atoms with Gasteiger partial charge in [0.2, 0.25) is 0 Å². The van der Waals surface area contributed by atoms with Gasteiger partial charge in [-0.25, -0.2) is 9.97 Å². The summed E-state index contributed by atoms with van der Waals surface area (Å²) in [6.07, 6.45) is 4.21. The van der Waals surface area contributed by atoms with Crippen molar-refractivity contribution in [2.75, 3.05) is 11.1 Å². The van der Waals surface area contributed by atoms with Gasteiger partial charge >= 0.3 is 0 Å². The van der Waals surface area contributed by atoms with Crippen molar-refractivity contribution in [2.24, 2.45) is 0 Å². The number of aromatic nitrogens is 3. The molecule has 0 aliphatic heterocycles. The second-order valence-corrected chi connectivity index (χ2v) is 5.10. The van der Waals surface area contributed by atoms with E-state index in [2.05, 4.69) is 20.3 Å². The second kappa shape index (κ2) is 4.29. The zero-order chi connectivity index (χ0) is 11.7. The van der Waals surface area contributed by atoms with Gasteiger partial charge in [0.15, 0.2) is 0 Å². The molecular weight excluding hydrogens is 234 g/mol. The fourth-order valence-electron chi connectivity index (χ4n) is 1.61. The molecule has 17 heavy (non-hydrogen) atoms. The minimum atomic E-state index is 0.516. The van der Waals surface area contributed by atoms with E-state index in [0.29, 0.717) is 11.7 Å². The Bertz CT molecular complexity index is 507. The van der Waals surface area contributed by atoms with Crippen LogP contribution in [0.3, 0.4) is 0 Å². The second-order valence-electron chi connectivity index (χ2n) is 4.13. The summed E-state index contributed by atoms with van der Waals surface area (Å²) in [5, 5.41) is 3.25. The maximum atomic E-state index is 5.77. The largest absolute Gasteiger partial charge is 0.384 e. The van der Waals surface area contributed by atoms with E-state index < -0.39 is 0 Å². The molecule has 0 atom stereocenters. The first-order valence-electron chi connectivity index (χ1n) is 5.57. The van der Waals surface area contributed by atoms with Crippen LogP contribution in [0.25, 0.3) is 0 Å². The maximum absolute atomic E-state index is 5.77. The van der Waals surface area contributed by atoms with Crippen LogP contribution in [0.15, 0.2) is 17.8 Å². The van der Waals surface area contributed by atoms with Gasteiger partial charge in [0.1, 0.15) is 17.5 Å². The number of thiazole rings is 1. The molecule has 1 aliphatic carbocycles. The quantitative estimate of drug-likeness (QED) is 0.864. The van der Waals surface area contributed by atoms with Crippen LogP contribution >= 0.6 is 11.3 Å². The monoisotopic (exact) mass is 247 g/mol. The van der Waals surface area contributed by atoms with E-state index in [1.165, 1.54) is 17.7 Å². The van der Waals surface area contributed by atoms with Gasteiger partial charge in [0, 0.05) is 23.1 Å². The molecule has 0 unspecified atom stereocenters. The van der Waals surface area contributed by atoms with E-state index in [-0.39, 0.29) is 0 Å². The maximum Gasteiger partial charge on any atom is 0.136 e. The lowest BCUT2D eigenvalue weighted by molar-refractivity contribution is 0.927. The molecule has 3 rings (SSSR count). The minimum Gasteiger partial charge on any atom is -0.384 e. The highest BCUT2D eigenvalue weighted by atomic mass is 32.1. The third kappa shape index (κ3) is 2.52. The zero-order valence-electron chi connectivity index (χ0n) is 9.26. The summed E-state index contributed by atoms with van der Waals surface area (Å²) in [6.45, 7) is 0.727. The highest BCUT2D eigenvalue weighted by molar-refractivity contribution is 7.09. The Balaban J connectivity index is 1.73. The summed E-state index contributed by atoms with van der Waals surface area (Å²) in [7, 11) is 0. The fourth-order valence-corrected chi connectivity index (χ4v) is 2.14. The molecule has 2 heterocycles. The first-order valence-corrected chi connectivity index (χ1v) is 6.45. The molecule has 3 N–H and O–H groups in total. The van der Waals surface area contributed by atoms with E-state index in [1.54, 1.807) is 17.4 Å². The summed E-state index contributed by atoms with van der Waals surface area (Å²) < 4.78 is 0. The molecule has 6 heteroatoms. The van der Waals surface area contributed by atoms with E-state index >= 15 is 0 Å². The van der Waals surface area contributed by atoms with Crippen LogP contribution < -0.4 is 11.1 Å². The molecule has 5 nitrogen and oxygen atoms in total. The smallest absolute Gasteiger partial charge is 0.136 e. The molecule has 1 fully saturated rings. The van der Waals surface area contributed by atoms with Crippen molar-refractivity contribution in [2.45, 2.75) is 25.3 Å². The Morgan fingerprint density at radius 2 is 2.29 bits per heavy atom. The first kappa shape index (κ1) is 10.5. The molecule has 0 bridgehead atoms. The summed E-state index contributed by atoms with van der Waals surface area (Å²) in [6, 6.07) is 1.77. The van der Waals surface area contributed by atoms with Crippen LogP contribution in [0.4, 0.5) is 11.6 Å². The lowest BCUT2D eigenvalue weighted by Gasteiger charge is -2.06. The number of nitrogens with zero attached hydrogens (tertiary/aromatic N) is 3. The van der Waals surface area contributed by atoms with Crippen LogP contribution in [0.1, 0.15) is 29.5 Å². The number of rotatable bonds is 4. The van der Waals surface area contributed by atoms with Crippen molar-refractivity contribution in [1.29, 1.82) is 0 Å². The standard InChI is InChI=1S/C11H13N5S/c12-9-3-10(14-5-8-4-13-6-17-8)16-11(15-9)7-1-2-7/h3-4,6-7H,1-2,5H2,(H3,12,14,15,16). The number of nitrogens with one attached hydrogen (secondary N) is 1. The summed E-state index contributed by atoms with van der Waals surface area (Å²) >= 11 is 1.62. The zero-order valence-corrected chi connectivity index (χ0v) is 10.1. The van der Waals surface area contributed by atoms with E-state index in [1.807, 2.05) is 11.7 Å². The van der Waals surface area contributed by atoms with Crippen molar-refractivity contribution in [1.82, 2.24) is 15.0 Å². The van der Waals surface area contributed by atoms with Gasteiger partial charge in [-0.2, -0.15) is 0 Å². The Labute approximate surface area is 103 Å². The highest BCUT2D eigenvalue weighted by Gasteiger charge is 2.27. The Morgan fingerprint density at radius 1 is 1.41 bits per heavy atom. The van der Waals surface area contributed by atoms with E-state index in [0.717, 1.165) is 18.2 Å². The van der Waals surface area contributed by atoms with Gasteiger partial charge in [-0.3, -0.25) is 4.98 Å². The summed E-state index contributed by atoms with van der Waals surface area (Å²) in [5.74, 6) is 2.72. The molecule has 2 aromatic heterocycles. The molecule has 2 aromatic rings. The third-order valence-electron chi connectivity index (χ3n) is 2.63. The molecule has 0 spiro atoms. The SMILES string of the molecule is Nc1cc(NCc2cncs2)nc(C2CC2)n1. The predicted octanol–water partition coefficient (Wildman–Crippen LogP) is 2.00. The third-order valence-corrected chi connectivity index (χ3v) is 3.41. The number of nitrogens with two attached hydrogens (primary N) is 1. The number of anilines is 2. The van der Waals surface area contributed by atoms with Crippen LogP contribution in [-0.2, 0) is 6.54 Å². The fraction of sp³-hybridized carbons (Fsp3) is 0.364. The van der Waals surface area contributed by atoms with Crippen LogP contribution in [0.2, 0.25) is 0 Å². The average molecular weight is 247 g/mol. The topological polar surface area (TPSA) is 76.7 Å². The van der Waals surface area contributed by atoms with E-state index in [9.17, 15) is 0 Å². The average Bonchev–Trinajstić information content (AvgIpc) is 3.04. The van der Waals surface area contributed by atoms with Crippen molar-refractivity contribution in [3.63, 3.8) is 0 Å². The van der Waals surface area contributed by atoms with Crippen molar-refractivity contribution in [3.05, 3.63) is 28.5 Å². The Kier molecular flexibility index (Phi) is 2.64. The number of hydrogen-bond acceptors (Lipinski definition) is 6. The van der Waals surface area contributed by atoms with Crippen LogP contribution in [0.5, 0.6) is 0 Å². The van der Waals surface area contributed by atoms with Gasteiger partial charge in [-0.15, -0.1) is 11.3 Å². The number of hydrogen-bond donors (Lipinski definition) is 2.